The lowest BCUT2D eigenvalue weighted by Crippen LogP contribution is -2.23. The largest absolute Gasteiger partial charge is 0.457 e. The van der Waals surface area contributed by atoms with Crippen molar-refractivity contribution >= 4 is 21.5 Å². The van der Waals surface area contributed by atoms with Gasteiger partial charge in [-0.15, -0.1) is 0 Å². The maximum absolute atomic E-state index is 13.3. The third-order valence-electron chi connectivity index (χ3n) is 4.84. The Bertz CT molecular complexity index is 2000. The zero-order valence-corrected chi connectivity index (χ0v) is 16.1. The van der Waals surface area contributed by atoms with Gasteiger partial charge < -0.3 is 4.74 Å². The van der Waals surface area contributed by atoms with Gasteiger partial charge in [0.25, 0.3) is 22.2 Å². The van der Waals surface area contributed by atoms with Crippen LogP contribution < -0.4 is 27.0 Å². The first-order valence-electron chi connectivity index (χ1n) is 12.9. The lowest BCUT2D eigenvalue weighted by Gasteiger charge is -2.07. The molecule has 0 fully saturated rings. The number of aromatic nitrogens is 2. The lowest BCUT2D eigenvalue weighted by molar-refractivity contribution is 0.482. The first kappa shape index (κ1) is 11.8. The van der Waals surface area contributed by atoms with Gasteiger partial charge in [0.05, 0.1) is 38.2 Å². The minimum atomic E-state index is -1.03. The molecule has 0 atom stereocenters. The molecule has 5 aromatic rings. The van der Waals surface area contributed by atoms with Gasteiger partial charge in [-0.05, 0) is 55.3 Å². The molecule has 152 valence electrons. The third kappa shape index (κ3) is 2.82. The van der Waals surface area contributed by atoms with Crippen molar-refractivity contribution in [2.24, 2.45) is 7.05 Å². The maximum atomic E-state index is 13.3. The summed E-state index contributed by atoms with van der Waals surface area (Å²) in [6.07, 6.45) is 0. The topological polar surface area (TPSA) is 87.4 Å². The molecule has 3 aromatic carbocycles. The fraction of sp³-hybridized carbons (Fsp3) is 0.0833. The predicted molar refractivity (Wildman–Crippen MR) is 118 cm³/mol. The minimum Gasteiger partial charge on any atom is -0.457 e. The summed E-state index contributed by atoms with van der Waals surface area (Å²) in [5.74, 6) is -1.37. The second-order valence-corrected chi connectivity index (χ2v) is 6.79. The quantitative estimate of drug-likeness (QED) is 0.448. The molecular weight excluding hydrogens is 396 g/mol. The zero-order chi connectivity index (χ0) is 28.8. The Morgan fingerprint density at radius 3 is 1.58 bits per heavy atom. The van der Waals surface area contributed by atoms with Crippen LogP contribution in [0.4, 0.5) is 0 Å². The Hall–Kier alpha value is -4.26. The fourth-order valence-corrected chi connectivity index (χ4v) is 3.27. The molecular formula is C24H16N2O5. The minimum absolute atomic E-state index is 0.0406. The molecule has 0 bridgehead atoms. The lowest BCUT2D eigenvalue weighted by atomic mass is 10.1. The smallest absolute Gasteiger partial charge is 0.266 e. The Morgan fingerprint density at radius 1 is 0.677 bits per heavy atom. The molecule has 0 N–H and O–H groups in total. The van der Waals surface area contributed by atoms with E-state index in [-0.39, 0.29) is 27.1 Å². The van der Waals surface area contributed by atoms with Gasteiger partial charge in [-0.1, -0.05) is 17.6 Å². The summed E-state index contributed by atoms with van der Waals surface area (Å²) in [4.78, 5) is 51.2. The Kier molecular flexibility index (Phi) is 2.53. The van der Waals surface area contributed by atoms with Crippen molar-refractivity contribution in [2.45, 2.75) is 6.92 Å². The number of benzene rings is 3. The van der Waals surface area contributed by atoms with Gasteiger partial charge in [-0.3, -0.25) is 23.7 Å². The van der Waals surface area contributed by atoms with Crippen molar-refractivity contribution < 1.29 is 15.7 Å². The number of rotatable bonds is 3. The highest BCUT2D eigenvalue weighted by atomic mass is 16.5. The van der Waals surface area contributed by atoms with E-state index in [1.165, 1.54) is 14.0 Å². The summed E-state index contributed by atoms with van der Waals surface area (Å²) in [5, 5.41) is -0.692. The van der Waals surface area contributed by atoms with E-state index >= 15 is 0 Å². The van der Waals surface area contributed by atoms with Crippen molar-refractivity contribution in [3.63, 3.8) is 0 Å². The van der Waals surface area contributed by atoms with Crippen LogP contribution in [0.2, 0.25) is 0 Å². The highest BCUT2D eigenvalue weighted by molar-refractivity contribution is 5.98. The number of nitrogens with zero attached hydrogens (tertiary/aromatic N) is 2. The van der Waals surface area contributed by atoms with E-state index in [1.807, 2.05) is 0 Å². The standard InChI is InChI=1S/C24H16N2O5/c1-13-3-7-15(8-4-13)31-16-9-5-14(6-10-16)26-23(29)19-11-17-18(12-20(19)24(26)30)22(28)25(2)21(17)27/h3-12H,1-2H3/i3D,4D,5D,6D,7D,8D,9D,10D. The normalized spacial score (nSPS) is 15.0. The summed E-state index contributed by atoms with van der Waals surface area (Å²) < 4.78 is 72.4. The van der Waals surface area contributed by atoms with Gasteiger partial charge in [0.2, 0.25) is 0 Å². The summed E-state index contributed by atoms with van der Waals surface area (Å²) >= 11 is 0. The van der Waals surface area contributed by atoms with Gasteiger partial charge in [0, 0.05) is 7.05 Å². The zero-order valence-electron chi connectivity index (χ0n) is 24.1. The van der Waals surface area contributed by atoms with Crippen LogP contribution in [0.15, 0.2) is 79.7 Å². The number of hydrogen-bond donors (Lipinski definition) is 0. The van der Waals surface area contributed by atoms with Crippen LogP contribution in [0.25, 0.3) is 27.2 Å². The van der Waals surface area contributed by atoms with E-state index in [2.05, 4.69) is 0 Å². The monoisotopic (exact) mass is 420 g/mol. The molecule has 2 aromatic heterocycles. The molecule has 7 nitrogen and oxygen atoms in total. The highest BCUT2D eigenvalue weighted by Gasteiger charge is 2.19. The van der Waals surface area contributed by atoms with Crippen LogP contribution in [0.3, 0.4) is 0 Å². The second kappa shape index (κ2) is 6.63. The molecule has 0 unspecified atom stereocenters. The number of fused-ring (bicyclic) bond motifs is 2. The van der Waals surface area contributed by atoms with E-state index in [0.717, 1.165) is 16.7 Å². The molecule has 0 saturated carbocycles. The van der Waals surface area contributed by atoms with E-state index < -0.39 is 87.8 Å². The van der Waals surface area contributed by atoms with E-state index in [9.17, 15) is 19.2 Å². The van der Waals surface area contributed by atoms with Gasteiger partial charge in [-0.25, -0.2) is 4.57 Å². The third-order valence-corrected chi connectivity index (χ3v) is 4.84. The van der Waals surface area contributed by atoms with E-state index in [0.29, 0.717) is 4.57 Å². The first-order chi connectivity index (χ1) is 18.2. The van der Waals surface area contributed by atoms with Crippen molar-refractivity contribution in [3.8, 4) is 17.2 Å². The molecule has 5 rings (SSSR count). The second-order valence-electron chi connectivity index (χ2n) is 6.79. The van der Waals surface area contributed by atoms with Crippen LogP contribution in [0.5, 0.6) is 11.5 Å². The molecule has 0 aliphatic heterocycles. The summed E-state index contributed by atoms with van der Waals surface area (Å²) in [6, 6.07) is -3.29. The van der Waals surface area contributed by atoms with Crippen molar-refractivity contribution in [1.29, 1.82) is 0 Å². The van der Waals surface area contributed by atoms with E-state index in [4.69, 9.17) is 15.7 Å². The van der Waals surface area contributed by atoms with Gasteiger partial charge in [0.1, 0.15) is 11.5 Å². The SMILES string of the molecule is [2H]c1c([2H])c(Oc2c([2H])c([2H])c(-n3c(=O)c4cc5c(=O)n(C)c(=O)c5cc4c3=O)c([2H])c2[2H])c([2H])c([2H])c1C. The first-order valence-corrected chi connectivity index (χ1v) is 8.94. The Labute approximate surface area is 185 Å². The fourth-order valence-electron chi connectivity index (χ4n) is 3.27. The average molecular weight is 420 g/mol. The molecule has 0 spiro atoms. The summed E-state index contributed by atoms with van der Waals surface area (Å²) in [7, 11) is 1.25. The van der Waals surface area contributed by atoms with Gasteiger partial charge >= 0.3 is 0 Å². The number of hydrogen-bond acceptors (Lipinski definition) is 5. The summed E-state index contributed by atoms with van der Waals surface area (Å²) in [6.45, 7) is 1.37. The molecule has 0 saturated heterocycles. The molecule has 2 heterocycles. The summed E-state index contributed by atoms with van der Waals surface area (Å²) in [5.41, 5.74) is -4.07. The van der Waals surface area contributed by atoms with Crippen molar-refractivity contribution in [3.05, 3.63) is 107 Å². The van der Waals surface area contributed by atoms with Crippen LogP contribution in [-0.2, 0) is 7.05 Å². The highest BCUT2D eigenvalue weighted by Crippen LogP contribution is 2.23. The molecule has 7 heteroatoms. The van der Waals surface area contributed by atoms with Gasteiger partial charge in [-0.2, -0.15) is 0 Å². The van der Waals surface area contributed by atoms with Crippen molar-refractivity contribution in [2.75, 3.05) is 0 Å². The van der Waals surface area contributed by atoms with Crippen LogP contribution in [-0.4, -0.2) is 9.13 Å². The maximum Gasteiger partial charge on any atom is 0.266 e. The molecule has 0 amide bonds. The molecule has 0 aliphatic carbocycles. The predicted octanol–water partition coefficient (Wildman–Crippen LogP) is 2.54. The van der Waals surface area contributed by atoms with E-state index in [1.54, 1.807) is 0 Å². The molecule has 0 radical (unpaired) electrons. The number of ether oxygens (including phenoxy) is 1. The molecule has 31 heavy (non-hydrogen) atoms. The Balaban J connectivity index is 1.78. The van der Waals surface area contributed by atoms with Gasteiger partial charge in [0.15, 0.2) is 0 Å². The molecule has 0 aliphatic rings. The average Bonchev–Trinajstić information content (AvgIpc) is 3.28. The van der Waals surface area contributed by atoms with Crippen LogP contribution >= 0.6 is 0 Å². The van der Waals surface area contributed by atoms with Crippen molar-refractivity contribution in [1.82, 2.24) is 9.13 Å². The van der Waals surface area contributed by atoms with Crippen LogP contribution in [0, 0.1) is 6.92 Å². The van der Waals surface area contributed by atoms with Crippen LogP contribution in [0.1, 0.15) is 16.5 Å². The Morgan fingerprint density at radius 2 is 1.10 bits per heavy atom.